The van der Waals surface area contributed by atoms with Crippen molar-refractivity contribution in [3.63, 3.8) is 0 Å². The second-order valence-electron chi connectivity index (χ2n) is 6.15. The molecule has 1 heterocycles. The van der Waals surface area contributed by atoms with Gasteiger partial charge in [0.2, 0.25) is 5.91 Å². The number of ether oxygens (including phenoxy) is 1. The zero-order valence-electron chi connectivity index (χ0n) is 15.4. The zero-order chi connectivity index (χ0) is 18.7. The molecule has 0 atom stereocenters. The lowest BCUT2D eigenvalue weighted by atomic mass is 10.1. The summed E-state index contributed by atoms with van der Waals surface area (Å²) < 4.78 is 8.35. The molecule has 4 nitrogen and oxygen atoms in total. The molecule has 0 bridgehead atoms. The van der Waals surface area contributed by atoms with Crippen LogP contribution >= 0.6 is 23.1 Å². The fourth-order valence-corrected chi connectivity index (χ4v) is 4.69. The highest BCUT2D eigenvalue weighted by atomic mass is 32.2. The van der Waals surface area contributed by atoms with E-state index in [0.29, 0.717) is 12.2 Å². The Morgan fingerprint density at radius 3 is 2.65 bits per heavy atom. The van der Waals surface area contributed by atoms with Crippen LogP contribution in [-0.4, -0.2) is 23.3 Å². The summed E-state index contributed by atoms with van der Waals surface area (Å²) in [5.74, 6) is 1.47. The normalized spacial score (nSPS) is 11.9. The van der Waals surface area contributed by atoms with Gasteiger partial charge < -0.3 is 9.30 Å². The van der Waals surface area contributed by atoms with Crippen molar-refractivity contribution in [3.8, 4) is 5.75 Å². The summed E-state index contributed by atoms with van der Waals surface area (Å²) in [6.45, 7) is 4.19. The number of fused-ring (bicyclic) bond motifs is 1. The van der Waals surface area contributed by atoms with Crippen molar-refractivity contribution in [2.24, 2.45) is 12.0 Å². The van der Waals surface area contributed by atoms with Gasteiger partial charge in [-0.15, -0.1) is 11.8 Å². The molecule has 1 aromatic heterocycles. The molecular formula is C20H22N2O2S2. The highest BCUT2D eigenvalue weighted by molar-refractivity contribution is 7.99. The van der Waals surface area contributed by atoms with E-state index in [2.05, 4.69) is 31.0 Å². The van der Waals surface area contributed by atoms with Crippen molar-refractivity contribution in [1.82, 2.24) is 4.57 Å². The molecule has 0 saturated carbocycles. The van der Waals surface area contributed by atoms with E-state index in [-0.39, 0.29) is 5.91 Å². The fourth-order valence-electron chi connectivity index (χ4n) is 2.77. The van der Waals surface area contributed by atoms with Crippen LogP contribution in [0, 0.1) is 13.8 Å². The van der Waals surface area contributed by atoms with Crippen LogP contribution in [0.5, 0.6) is 5.75 Å². The van der Waals surface area contributed by atoms with Gasteiger partial charge in [0.05, 0.1) is 17.3 Å². The lowest BCUT2D eigenvalue weighted by Gasteiger charge is -2.02. The number of benzene rings is 2. The maximum atomic E-state index is 12.3. The summed E-state index contributed by atoms with van der Waals surface area (Å²) >= 11 is 3.23. The number of thioether (sulfide) groups is 1. The van der Waals surface area contributed by atoms with Crippen LogP contribution in [0.1, 0.15) is 17.5 Å². The summed E-state index contributed by atoms with van der Waals surface area (Å²) in [7, 11) is 3.62. The van der Waals surface area contributed by atoms with Crippen LogP contribution in [0.3, 0.4) is 0 Å². The van der Waals surface area contributed by atoms with E-state index in [1.807, 2.05) is 35.9 Å². The van der Waals surface area contributed by atoms with Gasteiger partial charge in [-0.1, -0.05) is 17.4 Å². The van der Waals surface area contributed by atoms with Gasteiger partial charge in [0.1, 0.15) is 5.75 Å². The van der Waals surface area contributed by atoms with Crippen LogP contribution in [0.15, 0.2) is 46.3 Å². The Labute approximate surface area is 161 Å². The van der Waals surface area contributed by atoms with Gasteiger partial charge in [0, 0.05) is 24.1 Å². The molecule has 2 aromatic carbocycles. The summed E-state index contributed by atoms with van der Waals surface area (Å²) in [4.78, 5) is 18.5. The summed E-state index contributed by atoms with van der Waals surface area (Å²) in [5.41, 5.74) is 3.58. The summed E-state index contributed by atoms with van der Waals surface area (Å²) in [5, 5.41) is 0. The number of hydrogen-bond donors (Lipinski definition) is 0. The molecule has 0 radical (unpaired) electrons. The zero-order valence-corrected chi connectivity index (χ0v) is 17.0. The van der Waals surface area contributed by atoms with E-state index in [1.54, 1.807) is 30.2 Å². The van der Waals surface area contributed by atoms with Crippen molar-refractivity contribution in [2.45, 2.75) is 25.2 Å². The van der Waals surface area contributed by atoms with Gasteiger partial charge in [-0.3, -0.25) is 4.79 Å². The van der Waals surface area contributed by atoms with Gasteiger partial charge in [-0.25, -0.2) is 0 Å². The Morgan fingerprint density at radius 2 is 1.96 bits per heavy atom. The quantitative estimate of drug-likeness (QED) is 0.608. The molecule has 0 spiro atoms. The van der Waals surface area contributed by atoms with E-state index in [0.717, 1.165) is 21.0 Å². The lowest BCUT2D eigenvalue weighted by molar-refractivity contribution is -0.117. The van der Waals surface area contributed by atoms with Gasteiger partial charge in [-0.05, 0) is 55.3 Å². The van der Waals surface area contributed by atoms with Crippen LogP contribution in [0.25, 0.3) is 10.2 Å². The number of nitrogens with zero attached hydrogens (tertiary/aromatic N) is 2. The van der Waals surface area contributed by atoms with Crippen molar-refractivity contribution >= 4 is 39.2 Å². The van der Waals surface area contributed by atoms with Crippen molar-refractivity contribution < 1.29 is 9.53 Å². The Hall–Kier alpha value is -2.05. The third-order valence-corrected chi connectivity index (χ3v) is 6.40. The van der Waals surface area contributed by atoms with Gasteiger partial charge >= 0.3 is 0 Å². The number of methoxy groups -OCH3 is 1. The van der Waals surface area contributed by atoms with Gasteiger partial charge in [0.25, 0.3) is 0 Å². The van der Waals surface area contributed by atoms with E-state index in [4.69, 9.17) is 4.74 Å². The second kappa shape index (κ2) is 8.10. The Bertz CT molecular complexity index is 1000. The summed E-state index contributed by atoms with van der Waals surface area (Å²) in [6, 6.07) is 12.2. The van der Waals surface area contributed by atoms with Crippen molar-refractivity contribution in [2.75, 3.05) is 12.9 Å². The third kappa shape index (κ3) is 4.19. The Morgan fingerprint density at radius 1 is 1.23 bits per heavy atom. The predicted molar refractivity (Wildman–Crippen MR) is 109 cm³/mol. The smallest absolute Gasteiger partial charge is 0.249 e. The molecule has 0 fully saturated rings. The molecule has 0 saturated heterocycles. The highest BCUT2D eigenvalue weighted by Gasteiger charge is 2.08. The van der Waals surface area contributed by atoms with Gasteiger partial charge in [0.15, 0.2) is 4.80 Å². The number of thiazole rings is 1. The SMILES string of the molecule is COc1ccc(SCCC(=O)N=c2sc3c(C)cc(C)cc3n2C)cc1. The number of rotatable bonds is 5. The topological polar surface area (TPSA) is 43.6 Å². The molecule has 6 heteroatoms. The average molecular weight is 387 g/mol. The van der Waals surface area contributed by atoms with Crippen LogP contribution in [-0.2, 0) is 11.8 Å². The standard InChI is InChI=1S/C20H22N2O2S2/c1-13-11-14(2)19-17(12-13)22(3)20(26-19)21-18(23)9-10-25-16-7-5-15(24-4)6-8-16/h5-8,11-12H,9-10H2,1-4H3. The lowest BCUT2D eigenvalue weighted by Crippen LogP contribution is -2.13. The van der Waals surface area contributed by atoms with Crippen molar-refractivity contribution in [3.05, 3.63) is 52.3 Å². The number of carbonyl (C=O) groups is 1. The molecule has 0 aliphatic heterocycles. The van der Waals surface area contributed by atoms with Crippen LogP contribution in [0.2, 0.25) is 0 Å². The summed E-state index contributed by atoms with van der Waals surface area (Å²) in [6.07, 6.45) is 0.420. The monoisotopic (exact) mass is 386 g/mol. The molecule has 0 N–H and O–H groups in total. The first kappa shape index (κ1) is 18.7. The number of aromatic nitrogens is 1. The molecule has 3 aromatic rings. The largest absolute Gasteiger partial charge is 0.497 e. The van der Waals surface area contributed by atoms with E-state index in [1.165, 1.54) is 15.8 Å². The molecule has 1 amide bonds. The highest BCUT2D eigenvalue weighted by Crippen LogP contribution is 2.23. The molecule has 0 aliphatic carbocycles. The first-order valence-electron chi connectivity index (χ1n) is 8.39. The molecule has 0 aliphatic rings. The Balaban J connectivity index is 1.69. The first-order valence-corrected chi connectivity index (χ1v) is 10.2. The minimum Gasteiger partial charge on any atom is -0.497 e. The minimum atomic E-state index is -0.0810. The maximum Gasteiger partial charge on any atom is 0.249 e. The number of aryl methyl sites for hydroxylation is 3. The number of hydrogen-bond acceptors (Lipinski definition) is 4. The molecule has 3 rings (SSSR count). The van der Waals surface area contributed by atoms with E-state index >= 15 is 0 Å². The van der Waals surface area contributed by atoms with Crippen LogP contribution < -0.4 is 9.54 Å². The number of carbonyl (C=O) groups excluding carboxylic acids is 1. The molecule has 0 unspecified atom stereocenters. The fraction of sp³-hybridized carbons (Fsp3) is 0.300. The molecular weight excluding hydrogens is 364 g/mol. The number of amides is 1. The van der Waals surface area contributed by atoms with E-state index < -0.39 is 0 Å². The third-order valence-electron chi connectivity index (χ3n) is 4.11. The second-order valence-corrected chi connectivity index (χ2v) is 8.30. The first-order chi connectivity index (χ1) is 12.5. The van der Waals surface area contributed by atoms with Crippen LogP contribution in [0.4, 0.5) is 0 Å². The predicted octanol–water partition coefficient (Wildman–Crippen LogP) is 4.47. The average Bonchev–Trinajstić information content (AvgIpc) is 2.92. The van der Waals surface area contributed by atoms with Gasteiger partial charge in [-0.2, -0.15) is 4.99 Å². The molecule has 136 valence electrons. The minimum absolute atomic E-state index is 0.0810. The Kier molecular flexibility index (Phi) is 5.84. The van der Waals surface area contributed by atoms with E-state index in [9.17, 15) is 4.79 Å². The maximum absolute atomic E-state index is 12.3. The van der Waals surface area contributed by atoms with Crippen molar-refractivity contribution in [1.29, 1.82) is 0 Å². The molecule has 26 heavy (non-hydrogen) atoms.